The van der Waals surface area contributed by atoms with Crippen LogP contribution < -0.4 is 24.8 Å². The Hall–Kier alpha value is 1.18. The Bertz CT molecular complexity index is 319. The van der Waals surface area contributed by atoms with E-state index in [0.29, 0.717) is 0 Å². The lowest BCUT2D eigenvalue weighted by atomic mass is 10.4. The van der Waals surface area contributed by atoms with Gasteiger partial charge in [0.1, 0.15) is 0 Å². The molecule has 0 saturated carbocycles. The molecule has 0 nitrogen and oxygen atoms in total. The lowest BCUT2D eigenvalue weighted by Gasteiger charge is -2.28. The molecule has 0 aromatic rings. The fourth-order valence-electron chi connectivity index (χ4n) is 4.78. The first-order valence-corrected chi connectivity index (χ1v) is 19.0. The summed E-state index contributed by atoms with van der Waals surface area (Å²) in [7, 11) is -1.53. The number of halogens is 2. The van der Waals surface area contributed by atoms with Crippen LogP contribution in [0.1, 0.15) is 119 Å². The van der Waals surface area contributed by atoms with E-state index in [2.05, 4.69) is 53.7 Å². The Morgan fingerprint density at radius 2 is 0.562 bits per heavy atom. The monoisotopic (exact) mass is 528 g/mol. The van der Waals surface area contributed by atoms with Gasteiger partial charge in [0.2, 0.25) is 0 Å². The molecule has 0 saturated heterocycles. The smallest absolute Gasteiger partial charge is 0.0774 e. The Morgan fingerprint density at radius 3 is 0.719 bits per heavy atom. The molecule has 0 aromatic carbocycles. The summed E-state index contributed by atoms with van der Waals surface area (Å²) in [5.74, 6) is 0. The predicted molar refractivity (Wildman–Crippen MR) is 151 cm³/mol. The van der Waals surface area contributed by atoms with Crippen molar-refractivity contribution in [1.29, 1.82) is 0 Å². The van der Waals surface area contributed by atoms with E-state index >= 15 is 0 Å². The molecule has 0 spiro atoms. The third-order valence-electron chi connectivity index (χ3n) is 7.07. The highest BCUT2D eigenvalue weighted by Crippen LogP contribution is 2.62. The molecule has 0 aliphatic carbocycles. The average Bonchev–Trinajstić information content (AvgIpc) is 2.77. The lowest BCUT2D eigenvalue weighted by Crippen LogP contribution is -3.00. The van der Waals surface area contributed by atoms with E-state index in [-0.39, 0.29) is 24.8 Å². The third kappa shape index (κ3) is 17.6. The highest BCUT2D eigenvalue weighted by atomic mass is 35.5. The molecule has 0 bridgehead atoms. The topological polar surface area (TPSA) is 0 Å². The molecule has 0 N–H and O–H groups in total. The summed E-state index contributed by atoms with van der Waals surface area (Å²) in [5.41, 5.74) is 0. The van der Waals surface area contributed by atoms with Crippen molar-refractivity contribution in [2.24, 2.45) is 0 Å². The summed E-state index contributed by atoms with van der Waals surface area (Å²) in [6, 6.07) is 0. The van der Waals surface area contributed by atoms with Crippen LogP contribution in [0, 0.1) is 0 Å². The summed E-state index contributed by atoms with van der Waals surface area (Å²) in [6.45, 7) is 14.3. The van der Waals surface area contributed by atoms with Crippen molar-refractivity contribution < 1.29 is 24.8 Å². The van der Waals surface area contributed by atoms with Gasteiger partial charge in [0.15, 0.2) is 0 Å². The van der Waals surface area contributed by atoms with Crippen molar-refractivity contribution >= 4 is 14.5 Å². The molecule has 0 aromatic heterocycles. The zero-order valence-electron chi connectivity index (χ0n) is 22.9. The van der Waals surface area contributed by atoms with Gasteiger partial charge in [-0.1, -0.05) is 80.1 Å². The molecule has 0 heterocycles. The number of unbranched alkanes of at least 4 members (excludes halogenated alkanes) is 6. The second-order valence-corrected chi connectivity index (χ2v) is 18.8. The largest absolute Gasteiger partial charge is 1.00 e. The molecule has 0 aliphatic heterocycles. The van der Waals surface area contributed by atoms with E-state index < -0.39 is 14.5 Å². The lowest BCUT2D eigenvalue weighted by molar-refractivity contribution is -0.001000. The molecule has 0 rings (SSSR count). The van der Waals surface area contributed by atoms with Crippen molar-refractivity contribution in [3.8, 4) is 0 Å². The minimum atomic E-state index is -0.766. The second-order valence-electron chi connectivity index (χ2n) is 9.98. The highest BCUT2D eigenvalue weighted by molar-refractivity contribution is 7.76. The molecular weight excluding hydrogens is 469 g/mol. The van der Waals surface area contributed by atoms with Crippen molar-refractivity contribution in [3.63, 3.8) is 0 Å². The first kappa shape index (κ1) is 37.7. The van der Waals surface area contributed by atoms with Gasteiger partial charge in [-0.15, -0.1) is 0 Å². The Labute approximate surface area is 218 Å². The molecule has 0 fully saturated rings. The van der Waals surface area contributed by atoms with Gasteiger partial charge in [-0.05, 0) is 50.7 Å². The summed E-state index contributed by atoms with van der Waals surface area (Å²) in [4.78, 5) is 0. The van der Waals surface area contributed by atoms with Crippen LogP contribution in [0.25, 0.3) is 0 Å². The second kappa shape index (κ2) is 25.3. The summed E-state index contributed by atoms with van der Waals surface area (Å²) < 4.78 is 0. The molecule has 0 aliphatic rings. The van der Waals surface area contributed by atoms with Gasteiger partial charge in [-0.25, -0.2) is 0 Å². The van der Waals surface area contributed by atoms with Crippen LogP contribution in [0.5, 0.6) is 0 Å². The molecule has 0 amide bonds. The van der Waals surface area contributed by atoms with Gasteiger partial charge in [-0.2, -0.15) is 0 Å². The van der Waals surface area contributed by atoms with Crippen LogP contribution in [-0.4, -0.2) is 49.3 Å². The van der Waals surface area contributed by atoms with E-state index in [1.54, 1.807) is 37.0 Å². The van der Waals surface area contributed by atoms with Crippen LogP contribution in [-0.2, 0) is 0 Å². The van der Waals surface area contributed by atoms with Crippen molar-refractivity contribution in [2.45, 2.75) is 119 Å². The maximum atomic E-state index is 2.72. The SMILES string of the molecule is CCCC[P+](C/C=C/C[P+](CCCC)(CCCC)CCCC)(CCCC)CCCC.[Cl-].[Cl-]. The fourth-order valence-corrected chi connectivity index (χ4v) is 14.3. The van der Waals surface area contributed by atoms with Crippen LogP contribution in [0.4, 0.5) is 0 Å². The van der Waals surface area contributed by atoms with E-state index in [1.807, 2.05) is 0 Å². The molecule has 196 valence electrons. The number of hydrogen-bond acceptors (Lipinski definition) is 0. The van der Waals surface area contributed by atoms with Crippen molar-refractivity contribution in [1.82, 2.24) is 0 Å². The van der Waals surface area contributed by atoms with E-state index in [9.17, 15) is 0 Å². The molecular formula is C28H60Cl2P2. The summed E-state index contributed by atoms with van der Waals surface area (Å²) in [6.07, 6.45) is 34.8. The molecule has 0 unspecified atom stereocenters. The number of rotatable bonds is 22. The van der Waals surface area contributed by atoms with Crippen LogP contribution in [0.3, 0.4) is 0 Å². The minimum absolute atomic E-state index is 0. The van der Waals surface area contributed by atoms with E-state index in [0.717, 1.165) is 0 Å². The van der Waals surface area contributed by atoms with Gasteiger partial charge < -0.3 is 24.8 Å². The van der Waals surface area contributed by atoms with Gasteiger partial charge in [-0.3, -0.25) is 0 Å². The van der Waals surface area contributed by atoms with Crippen LogP contribution in [0.15, 0.2) is 12.2 Å². The quantitative estimate of drug-likeness (QED) is 0.144. The predicted octanol–water partition coefficient (Wildman–Crippen LogP) is 4.39. The van der Waals surface area contributed by atoms with E-state index in [1.165, 1.54) is 89.4 Å². The van der Waals surface area contributed by atoms with Gasteiger partial charge in [0, 0.05) is 14.5 Å². The van der Waals surface area contributed by atoms with Gasteiger partial charge in [0.25, 0.3) is 0 Å². The summed E-state index contributed by atoms with van der Waals surface area (Å²) in [5, 5.41) is 0. The van der Waals surface area contributed by atoms with Gasteiger partial charge >= 0.3 is 0 Å². The number of allylic oxidation sites excluding steroid dienone is 2. The third-order valence-corrected chi connectivity index (χ3v) is 16.6. The van der Waals surface area contributed by atoms with E-state index in [4.69, 9.17) is 0 Å². The first-order valence-electron chi connectivity index (χ1n) is 13.9. The zero-order valence-corrected chi connectivity index (χ0v) is 26.2. The van der Waals surface area contributed by atoms with Crippen LogP contribution in [0.2, 0.25) is 0 Å². The maximum Gasteiger partial charge on any atom is 0.0774 e. The standard InChI is InChI=1S/C28H60P2.2ClH/c1-7-13-21-29(22-14-8-2,23-15-9-3)27-19-20-28-30(24-16-10-4,25-17-11-5)26-18-12-6;;/h19-20H,7-18,21-28H2,1-6H3;2*1H/q+2;;/p-2/b20-19+;;. The Kier molecular flexibility index (Phi) is 29.8. The van der Waals surface area contributed by atoms with Crippen molar-refractivity contribution in [2.75, 3.05) is 49.3 Å². The molecule has 0 atom stereocenters. The van der Waals surface area contributed by atoms with Crippen molar-refractivity contribution in [3.05, 3.63) is 12.2 Å². The highest BCUT2D eigenvalue weighted by Gasteiger charge is 2.36. The fraction of sp³-hybridized carbons (Fsp3) is 0.929. The Balaban J connectivity index is -0.00000420. The summed E-state index contributed by atoms with van der Waals surface area (Å²) >= 11 is 0. The molecule has 4 heteroatoms. The normalized spacial score (nSPS) is 12.1. The van der Waals surface area contributed by atoms with Gasteiger partial charge in [0.05, 0.1) is 49.3 Å². The minimum Gasteiger partial charge on any atom is -1.00 e. The Morgan fingerprint density at radius 1 is 0.375 bits per heavy atom. The first-order chi connectivity index (χ1) is 14.6. The molecule has 32 heavy (non-hydrogen) atoms. The maximum absolute atomic E-state index is 2.72. The average molecular weight is 530 g/mol. The molecule has 0 radical (unpaired) electrons. The van der Waals surface area contributed by atoms with Crippen LogP contribution >= 0.6 is 14.5 Å². The zero-order chi connectivity index (χ0) is 22.6. The number of hydrogen-bond donors (Lipinski definition) is 0.